The van der Waals surface area contributed by atoms with Crippen LogP contribution < -0.4 is 5.32 Å². The molecular formula is C13H27N. The zero-order valence-corrected chi connectivity index (χ0v) is 10.3. The summed E-state index contributed by atoms with van der Waals surface area (Å²) in [5.74, 6) is 1.83. The van der Waals surface area contributed by atoms with E-state index in [0.29, 0.717) is 0 Å². The summed E-state index contributed by atoms with van der Waals surface area (Å²) in [5, 5.41) is 3.72. The fourth-order valence-corrected chi connectivity index (χ4v) is 2.36. The van der Waals surface area contributed by atoms with Crippen LogP contribution in [0.3, 0.4) is 0 Å². The van der Waals surface area contributed by atoms with Crippen LogP contribution in [0.25, 0.3) is 0 Å². The topological polar surface area (TPSA) is 12.0 Å². The van der Waals surface area contributed by atoms with Crippen LogP contribution in [0, 0.1) is 11.8 Å². The highest BCUT2D eigenvalue weighted by Crippen LogP contribution is 2.26. The van der Waals surface area contributed by atoms with Crippen molar-refractivity contribution in [1.82, 2.24) is 5.32 Å². The Labute approximate surface area is 89.7 Å². The third-order valence-corrected chi connectivity index (χ3v) is 3.31. The Bertz CT molecular complexity index is 147. The van der Waals surface area contributed by atoms with Crippen molar-refractivity contribution in [3.05, 3.63) is 0 Å². The quantitative estimate of drug-likeness (QED) is 0.686. The first-order valence-electron chi connectivity index (χ1n) is 6.34. The molecule has 0 saturated heterocycles. The van der Waals surface area contributed by atoms with E-state index in [9.17, 15) is 0 Å². The summed E-state index contributed by atoms with van der Waals surface area (Å²) in [6.07, 6.45) is 6.91. The SMILES string of the molecule is CC(C)CCCC(C)NC1CC(C)C1. The molecule has 0 aromatic rings. The van der Waals surface area contributed by atoms with Crippen molar-refractivity contribution in [3.63, 3.8) is 0 Å². The van der Waals surface area contributed by atoms with Gasteiger partial charge >= 0.3 is 0 Å². The minimum atomic E-state index is 0.728. The van der Waals surface area contributed by atoms with E-state index in [2.05, 4.69) is 33.0 Å². The van der Waals surface area contributed by atoms with Crippen LogP contribution in [-0.4, -0.2) is 12.1 Å². The van der Waals surface area contributed by atoms with Crippen LogP contribution in [0.2, 0.25) is 0 Å². The minimum absolute atomic E-state index is 0.728. The predicted octanol–water partition coefficient (Wildman–Crippen LogP) is 3.59. The first-order valence-corrected chi connectivity index (χ1v) is 6.34. The number of hydrogen-bond acceptors (Lipinski definition) is 1. The first kappa shape index (κ1) is 12.0. The highest BCUT2D eigenvalue weighted by molar-refractivity contribution is 4.84. The van der Waals surface area contributed by atoms with Gasteiger partial charge in [0.05, 0.1) is 0 Å². The zero-order valence-electron chi connectivity index (χ0n) is 10.3. The average Bonchev–Trinajstić information content (AvgIpc) is 2.00. The van der Waals surface area contributed by atoms with E-state index in [4.69, 9.17) is 0 Å². The second-order valence-electron chi connectivity index (χ2n) is 5.67. The standard InChI is InChI=1S/C13H27N/c1-10(2)6-5-7-12(4)14-13-8-11(3)9-13/h10-14H,5-9H2,1-4H3. The van der Waals surface area contributed by atoms with Crippen molar-refractivity contribution in [3.8, 4) is 0 Å². The molecule has 0 aromatic heterocycles. The lowest BCUT2D eigenvalue weighted by molar-refractivity contribution is 0.221. The Morgan fingerprint density at radius 3 is 2.29 bits per heavy atom. The molecule has 0 heterocycles. The summed E-state index contributed by atoms with van der Waals surface area (Å²) in [4.78, 5) is 0. The largest absolute Gasteiger partial charge is 0.311 e. The fourth-order valence-electron chi connectivity index (χ4n) is 2.36. The van der Waals surface area contributed by atoms with E-state index in [1.54, 1.807) is 0 Å². The molecule has 0 radical (unpaired) electrons. The smallest absolute Gasteiger partial charge is 0.00746 e. The molecule has 0 spiro atoms. The molecule has 1 saturated carbocycles. The summed E-state index contributed by atoms with van der Waals surface area (Å²) < 4.78 is 0. The molecule has 84 valence electrons. The van der Waals surface area contributed by atoms with E-state index in [-0.39, 0.29) is 0 Å². The summed E-state index contributed by atoms with van der Waals surface area (Å²) in [6, 6.07) is 1.56. The van der Waals surface area contributed by atoms with Crippen molar-refractivity contribution >= 4 is 0 Å². The Kier molecular flexibility index (Phi) is 4.94. The molecule has 0 amide bonds. The van der Waals surface area contributed by atoms with Crippen molar-refractivity contribution < 1.29 is 0 Å². The molecule has 1 heteroatoms. The monoisotopic (exact) mass is 197 g/mol. The molecule has 0 aliphatic heterocycles. The van der Waals surface area contributed by atoms with Crippen molar-refractivity contribution in [1.29, 1.82) is 0 Å². The minimum Gasteiger partial charge on any atom is -0.311 e. The van der Waals surface area contributed by atoms with Gasteiger partial charge in [-0.2, -0.15) is 0 Å². The Balaban J connectivity index is 1.96. The van der Waals surface area contributed by atoms with E-state index in [1.165, 1.54) is 32.1 Å². The molecule has 1 N–H and O–H groups in total. The van der Waals surface area contributed by atoms with Crippen molar-refractivity contribution in [2.45, 2.75) is 71.9 Å². The van der Waals surface area contributed by atoms with Gasteiger partial charge in [0.15, 0.2) is 0 Å². The normalized spacial score (nSPS) is 28.9. The maximum Gasteiger partial charge on any atom is 0.00746 e. The van der Waals surface area contributed by atoms with E-state index in [1.807, 2.05) is 0 Å². The van der Waals surface area contributed by atoms with Crippen LogP contribution in [0.1, 0.15) is 59.8 Å². The molecule has 0 bridgehead atoms. The molecule has 1 atom stereocenters. The lowest BCUT2D eigenvalue weighted by Gasteiger charge is -2.35. The van der Waals surface area contributed by atoms with Gasteiger partial charge in [0.1, 0.15) is 0 Å². The highest BCUT2D eigenvalue weighted by atomic mass is 15.0. The van der Waals surface area contributed by atoms with Crippen molar-refractivity contribution in [2.24, 2.45) is 11.8 Å². The van der Waals surface area contributed by atoms with E-state index in [0.717, 1.165) is 23.9 Å². The Hall–Kier alpha value is -0.0400. The predicted molar refractivity (Wildman–Crippen MR) is 63.5 cm³/mol. The lowest BCUT2D eigenvalue weighted by Crippen LogP contribution is -2.44. The Morgan fingerprint density at radius 2 is 1.79 bits per heavy atom. The van der Waals surface area contributed by atoms with Gasteiger partial charge in [-0.25, -0.2) is 0 Å². The number of nitrogens with one attached hydrogen (secondary N) is 1. The van der Waals surface area contributed by atoms with Gasteiger partial charge in [0.2, 0.25) is 0 Å². The molecule has 1 aliphatic carbocycles. The van der Waals surface area contributed by atoms with Gasteiger partial charge in [-0.15, -0.1) is 0 Å². The van der Waals surface area contributed by atoms with Crippen LogP contribution >= 0.6 is 0 Å². The first-order chi connectivity index (χ1) is 6.58. The second-order valence-corrected chi connectivity index (χ2v) is 5.67. The Morgan fingerprint density at radius 1 is 1.14 bits per heavy atom. The van der Waals surface area contributed by atoms with Gasteiger partial charge in [-0.1, -0.05) is 33.6 Å². The summed E-state index contributed by atoms with van der Waals surface area (Å²) in [5.41, 5.74) is 0. The maximum absolute atomic E-state index is 3.72. The highest BCUT2D eigenvalue weighted by Gasteiger charge is 2.25. The summed E-state index contributed by atoms with van der Waals surface area (Å²) in [6.45, 7) is 9.31. The third kappa shape index (κ3) is 4.45. The average molecular weight is 197 g/mol. The third-order valence-electron chi connectivity index (χ3n) is 3.31. The number of rotatable bonds is 6. The van der Waals surface area contributed by atoms with Crippen LogP contribution in [0.4, 0.5) is 0 Å². The van der Waals surface area contributed by atoms with Gasteiger partial charge in [-0.3, -0.25) is 0 Å². The number of hydrogen-bond donors (Lipinski definition) is 1. The van der Waals surface area contributed by atoms with Gasteiger partial charge < -0.3 is 5.32 Å². The lowest BCUT2D eigenvalue weighted by atomic mass is 9.81. The molecular weight excluding hydrogens is 170 g/mol. The van der Waals surface area contributed by atoms with Crippen LogP contribution in [0.5, 0.6) is 0 Å². The zero-order chi connectivity index (χ0) is 10.6. The molecule has 1 rings (SSSR count). The maximum atomic E-state index is 3.72. The van der Waals surface area contributed by atoms with Crippen LogP contribution in [0.15, 0.2) is 0 Å². The van der Waals surface area contributed by atoms with Crippen molar-refractivity contribution in [2.75, 3.05) is 0 Å². The van der Waals surface area contributed by atoms with E-state index < -0.39 is 0 Å². The summed E-state index contributed by atoms with van der Waals surface area (Å²) in [7, 11) is 0. The van der Waals surface area contributed by atoms with Gasteiger partial charge in [0.25, 0.3) is 0 Å². The van der Waals surface area contributed by atoms with E-state index >= 15 is 0 Å². The molecule has 1 aliphatic rings. The molecule has 1 nitrogen and oxygen atoms in total. The fraction of sp³-hybridized carbons (Fsp3) is 1.00. The van der Waals surface area contributed by atoms with Gasteiger partial charge in [0, 0.05) is 12.1 Å². The molecule has 1 unspecified atom stereocenters. The van der Waals surface area contributed by atoms with Crippen LogP contribution in [-0.2, 0) is 0 Å². The second kappa shape index (κ2) is 5.75. The molecule has 0 aromatic carbocycles. The molecule has 14 heavy (non-hydrogen) atoms. The summed E-state index contributed by atoms with van der Waals surface area (Å²) >= 11 is 0. The molecule has 1 fully saturated rings. The van der Waals surface area contributed by atoms with Gasteiger partial charge in [-0.05, 0) is 38.0 Å².